The summed E-state index contributed by atoms with van der Waals surface area (Å²) in [7, 11) is 0. The lowest BCUT2D eigenvalue weighted by atomic mass is 9.87. The summed E-state index contributed by atoms with van der Waals surface area (Å²) in [6.45, 7) is 9.98. The van der Waals surface area contributed by atoms with Gasteiger partial charge in [0.25, 0.3) is 5.95 Å². The van der Waals surface area contributed by atoms with Crippen LogP contribution in [0.25, 0.3) is 0 Å². The number of carbonyl (C=O) groups excluding carboxylic acids is 1. The van der Waals surface area contributed by atoms with Gasteiger partial charge in [0.05, 0.1) is 19.4 Å². The lowest BCUT2D eigenvalue weighted by Crippen LogP contribution is -2.25. The van der Waals surface area contributed by atoms with Crippen molar-refractivity contribution in [1.29, 1.82) is 0 Å². The molecule has 7 nitrogen and oxygen atoms in total. The number of aliphatic hydroxyl groups excluding tert-OH is 1. The summed E-state index contributed by atoms with van der Waals surface area (Å²) in [5.74, 6) is -1.77. The van der Waals surface area contributed by atoms with Crippen molar-refractivity contribution < 1.29 is 19.4 Å². The standard InChI is InChI=1S/C19H27N3O4/c1-6-25-17(23)15(18(24)26-7-2)16(20)22-21-12-13-8-10-14(11-9-13)19(3,4)5/h8-12,23H,6-7H2,1-5H3,(H2,20,22)/b17-15-,21-12+. The number of aliphatic hydroxyl groups is 1. The van der Waals surface area contributed by atoms with Crippen LogP contribution in [0.15, 0.2) is 46.0 Å². The molecule has 0 spiro atoms. The summed E-state index contributed by atoms with van der Waals surface area (Å²) in [5.41, 5.74) is 7.50. The van der Waals surface area contributed by atoms with E-state index in [1.807, 2.05) is 24.3 Å². The van der Waals surface area contributed by atoms with Gasteiger partial charge < -0.3 is 20.3 Å². The molecule has 3 N–H and O–H groups in total. The van der Waals surface area contributed by atoms with Crippen molar-refractivity contribution in [3.05, 3.63) is 46.9 Å². The summed E-state index contributed by atoms with van der Waals surface area (Å²) >= 11 is 0. The maximum Gasteiger partial charge on any atom is 0.349 e. The monoisotopic (exact) mass is 361 g/mol. The van der Waals surface area contributed by atoms with Gasteiger partial charge in [-0.3, -0.25) is 0 Å². The van der Waals surface area contributed by atoms with E-state index in [1.54, 1.807) is 13.8 Å². The minimum atomic E-state index is -0.829. The van der Waals surface area contributed by atoms with E-state index < -0.39 is 11.9 Å². The molecular formula is C19H27N3O4. The molecule has 0 bridgehead atoms. The highest BCUT2D eigenvalue weighted by molar-refractivity contribution is 6.18. The van der Waals surface area contributed by atoms with Crippen molar-refractivity contribution >= 4 is 18.0 Å². The first-order valence-electron chi connectivity index (χ1n) is 8.41. The van der Waals surface area contributed by atoms with Crippen LogP contribution >= 0.6 is 0 Å². The summed E-state index contributed by atoms with van der Waals surface area (Å²) < 4.78 is 9.78. The highest BCUT2D eigenvalue weighted by Crippen LogP contribution is 2.21. The van der Waals surface area contributed by atoms with Gasteiger partial charge in [0.2, 0.25) is 0 Å². The Morgan fingerprint density at radius 2 is 1.73 bits per heavy atom. The normalized spacial score (nSPS) is 13.5. The summed E-state index contributed by atoms with van der Waals surface area (Å²) in [6.07, 6.45) is 1.50. The maximum atomic E-state index is 11.9. The molecule has 1 aromatic carbocycles. The van der Waals surface area contributed by atoms with Crippen molar-refractivity contribution in [2.75, 3.05) is 13.2 Å². The fourth-order valence-corrected chi connectivity index (χ4v) is 1.99. The summed E-state index contributed by atoms with van der Waals surface area (Å²) in [5, 5.41) is 17.5. The minimum absolute atomic E-state index is 0.0639. The van der Waals surface area contributed by atoms with Crippen LogP contribution in [0.2, 0.25) is 0 Å². The zero-order chi connectivity index (χ0) is 19.7. The highest BCUT2D eigenvalue weighted by atomic mass is 16.6. The predicted molar refractivity (Wildman–Crippen MR) is 102 cm³/mol. The molecule has 1 aromatic rings. The van der Waals surface area contributed by atoms with Gasteiger partial charge in [-0.2, -0.15) is 5.10 Å². The maximum absolute atomic E-state index is 11.9. The van der Waals surface area contributed by atoms with Crippen LogP contribution < -0.4 is 5.73 Å². The molecule has 26 heavy (non-hydrogen) atoms. The van der Waals surface area contributed by atoms with Gasteiger partial charge >= 0.3 is 5.97 Å². The number of rotatable bonds is 7. The number of amidine groups is 1. The van der Waals surface area contributed by atoms with Crippen LogP contribution in [-0.4, -0.2) is 36.3 Å². The first-order valence-corrected chi connectivity index (χ1v) is 8.41. The SMILES string of the molecule is CCOC(=O)C(/C(N)=N/N=C/c1ccc(C(C)(C)C)cc1)=C(/O)OCC. The molecular weight excluding hydrogens is 334 g/mol. The van der Waals surface area contributed by atoms with Gasteiger partial charge in [0.1, 0.15) is 0 Å². The smallest absolute Gasteiger partial charge is 0.349 e. The lowest BCUT2D eigenvalue weighted by molar-refractivity contribution is -0.138. The number of nitrogens with two attached hydrogens (primary N) is 1. The first-order chi connectivity index (χ1) is 12.2. The molecule has 0 fully saturated rings. The Hall–Kier alpha value is -2.83. The van der Waals surface area contributed by atoms with Gasteiger partial charge in [0.15, 0.2) is 11.4 Å². The molecule has 0 atom stereocenters. The molecule has 0 unspecified atom stereocenters. The number of carbonyl (C=O) groups is 1. The molecule has 1 rings (SSSR count). The zero-order valence-electron chi connectivity index (χ0n) is 15.9. The average Bonchev–Trinajstić information content (AvgIpc) is 2.55. The van der Waals surface area contributed by atoms with Crippen LogP contribution in [-0.2, 0) is 19.7 Å². The number of ether oxygens (including phenoxy) is 2. The van der Waals surface area contributed by atoms with E-state index in [0.717, 1.165) is 5.56 Å². The Morgan fingerprint density at radius 1 is 1.15 bits per heavy atom. The van der Waals surface area contributed by atoms with Gasteiger partial charge in [-0.1, -0.05) is 45.0 Å². The number of esters is 1. The molecule has 0 saturated carbocycles. The lowest BCUT2D eigenvalue weighted by Gasteiger charge is -2.18. The molecule has 0 heterocycles. The Bertz CT molecular complexity index is 698. The molecule has 0 aliphatic heterocycles. The number of hydrogen-bond acceptors (Lipinski definition) is 6. The van der Waals surface area contributed by atoms with Crippen molar-refractivity contribution in [3.8, 4) is 0 Å². The number of benzene rings is 1. The molecule has 142 valence electrons. The van der Waals surface area contributed by atoms with Gasteiger partial charge in [-0.15, -0.1) is 5.10 Å². The summed E-state index contributed by atoms with van der Waals surface area (Å²) in [6, 6.07) is 7.85. The molecule has 0 aliphatic rings. The van der Waals surface area contributed by atoms with E-state index in [0.29, 0.717) is 0 Å². The minimum Gasteiger partial charge on any atom is -0.480 e. The first kappa shape index (κ1) is 21.2. The van der Waals surface area contributed by atoms with E-state index in [4.69, 9.17) is 15.2 Å². The fourth-order valence-electron chi connectivity index (χ4n) is 1.99. The Labute approximate surface area is 154 Å². The second-order valence-corrected chi connectivity index (χ2v) is 6.44. The molecule has 0 aromatic heterocycles. The third-order valence-electron chi connectivity index (χ3n) is 3.38. The van der Waals surface area contributed by atoms with Crippen LogP contribution in [0.3, 0.4) is 0 Å². The van der Waals surface area contributed by atoms with Gasteiger partial charge in [-0.05, 0) is 30.4 Å². The summed E-state index contributed by atoms with van der Waals surface area (Å²) in [4.78, 5) is 11.9. The largest absolute Gasteiger partial charge is 0.480 e. The fraction of sp³-hybridized carbons (Fsp3) is 0.421. The van der Waals surface area contributed by atoms with Crippen molar-refractivity contribution in [2.24, 2.45) is 15.9 Å². The van der Waals surface area contributed by atoms with E-state index >= 15 is 0 Å². The van der Waals surface area contributed by atoms with E-state index in [2.05, 4.69) is 31.0 Å². The van der Waals surface area contributed by atoms with E-state index in [9.17, 15) is 9.90 Å². The highest BCUT2D eigenvalue weighted by Gasteiger charge is 2.22. The molecule has 0 saturated heterocycles. The third kappa shape index (κ3) is 6.23. The van der Waals surface area contributed by atoms with E-state index in [1.165, 1.54) is 11.8 Å². The van der Waals surface area contributed by atoms with Gasteiger partial charge in [0, 0.05) is 0 Å². The van der Waals surface area contributed by atoms with Crippen molar-refractivity contribution in [3.63, 3.8) is 0 Å². The number of hydrogen-bond donors (Lipinski definition) is 2. The molecule has 0 radical (unpaired) electrons. The Kier molecular flexibility index (Phi) is 7.83. The molecule has 0 amide bonds. The zero-order valence-corrected chi connectivity index (χ0v) is 15.9. The quantitative estimate of drug-likeness (QED) is 0.194. The average molecular weight is 361 g/mol. The second kappa shape index (κ2) is 9.60. The van der Waals surface area contributed by atoms with Crippen molar-refractivity contribution in [2.45, 2.75) is 40.0 Å². The molecule has 0 aliphatic carbocycles. The number of nitrogens with zero attached hydrogens (tertiary/aromatic N) is 2. The Balaban J connectivity index is 3.00. The second-order valence-electron chi connectivity index (χ2n) is 6.44. The molecule has 7 heteroatoms. The van der Waals surface area contributed by atoms with Crippen LogP contribution in [0.4, 0.5) is 0 Å². The van der Waals surface area contributed by atoms with E-state index in [-0.39, 0.29) is 30.0 Å². The van der Waals surface area contributed by atoms with Crippen LogP contribution in [0.1, 0.15) is 45.7 Å². The van der Waals surface area contributed by atoms with Crippen LogP contribution in [0, 0.1) is 0 Å². The predicted octanol–water partition coefficient (Wildman–Crippen LogP) is 3.04. The van der Waals surface area contributed by atoms with Crippen LogP contribution in [0.5, 0.6) is 0 Å². The third-order valence-corrected chi connectivity index (χ3v) is 3.38. The topological polar surface area (TPSA) is 107 Å². The van der Waals surface area contributed by atoms with Gasteiger partial charge in [-0.25, -0.2) is 4.79 Å². The van der Waals surface area contributed by atoms with Crippen molar-refractivity contribution in [1.82, 2.24) is 0 Å². The Morgan fingerprint density at radius 3 is 2.23 bits per heavy atom.